The summed E-state index contributed by atoms with van der Waals surface area (Å²) < 4.78 is 11.3. The zero-order chi connectivity index (χ0) is 13.5. The first-order valence-electron chi connectivity index (χ1n) is 6.84. The Bertz CT molecular complexity index is 473. The van der Waals surface area contributed by atoms with Crippen molar-refractivity contribution < 1.29 is 9.47 Å². The van der Waals surface area contributed by atoms with Gasteiger partial charge in [-0.3, -0.25) is 0 Å². The third kappa shape index (κ3) is 3.90. The first-order chi connectivity index (χ1) is 9.31. The minimum absolute atomic E-state index is 0.288. The van der Waals surface area contributed by atoms with Crippen molar-refractivity contribution in [3.8, 4) is 23.3 Å². The average molecular weight is 259 g/mol. The third-order valence-electron chi connectivity index (χ3n) is 3.15. The minimum Gasteiger partial charge on any atom is -0.490 e. The molecule has 1 aromatic rings. The molecule has 102 valence electrons. The second-order valence-corrected chi connectivity index (χ2v) is 4.61. The Morgan fingerprint density at radius 3 is 2.84 bits per heavy atom. The normalized spacial score (nSPS) is 15.1. The van der Waals surface area contributed by atoms with Crippen molar-refractivity contribution in [2.24, 2.45) is 0 Å². The quantitative estimate of drug-likeness (QED) is 0.666. The van der Waals surface area contributed by atoms with E-state index in [1.807, 2.05) is 13.0 Å². The smallest absolute Gasteiger partial charge is 0.161 e. The molecule has 2 rings (SSSR count). The zero-order valence-corrected chi connectivity index (χ0v) is 11.7. The Balaban J connectivity index is 1.99. The van der Waals surface area contributed by atoms with E-state index in [9.17, 15) is 0 Å². The van der Waals surface area contributed by atoms with Crippen molar-refractivity contribution in [2.45, 2.75) is 32.7 Å². The molecule has 0 fully saturated rings. The fraction of sp³-hybridized carbons (Fsp3) is 0.500. The molecule has 1 heterocycles. The first kappa shape index (κ1) is 13.8. The molecule has 19 heavy (non-hydrogen) atoms. The molecule has 0 aromatic heterocycles. The van der Waals surface area contributed by atoms with Crippen LogP contribution in [-0.2, 0) is 0 Å². The molecule has 0 spiro atoms. The molecule has 1 aromatic carbocycles. The van der Waals surface area contributed by atoms with Crippen molar-refractivity contribution in [1.82, 2.24) is 5.32 Å². The van der Waals surface area contributed by atoms with Gasteiger partial charge in [0.25, 0.3) is 0 Å². The van der Waals surface area contributed by atoms with Crippen LogP contribution in [0.3, 0.4) is 0 Å². The highest BCUT2D eigenvalue weighted by Gasteiger charge is 2.13. The largest absolute Gasteiger partial charge is 0.490 e. The van der Waals surface area contributed by atoms with Gasteiger partial charge in [-0.2, -0.15) is 0 Å². The van der Waals surface area contributed by atoms with Crippen LogP contribution in [0.25, 0.3) is 0 Å². The van der Waals surface area contributed by atoms with Gasteiger partial charge in [-0.05, 0) is 31.5 Å². The van der Waals surface area contributed by atoms with Crippen molar-refractivity contribution in [1.29, 1.82) is 0 Å². The first-order valence-corrected chi connectivity index (χ1v) is 6.84. The summed E-state index contributed by atoms with van der Waals surface area (Å²) in [6.45, 7) is 6.38. The highest BCUT2D eigenvalue weighted by Crippen LogP contribution is 2.32. The minimum atomic E-state index is 0.288. The Labute approximate surface area is 115 Å². The number of benzene rings is 1. The predicted molar refractivity (Wildman–Crippen MR) is 76.5 cm³/mol. The Kier molecular flexibility index (Phi) is 5.11. The van der Waals surface area contributed by atoms with E-state index in [1.54, 1.807) is 0 Å². The standard InChI is InChI=1S/C16H21NO2/c1-3-4-5-9-17-13(2)14-7-8-15-16(12-14)19-11-6-10-18-15/h7-8,12-13,17H,5-6,9-11H2,1-2H3. The molecular formula is C16H21NO2. The van der Waals surface area contributed by atoms with Crippen molar-refractivity contribution in [2.75, 3.05) is 19.8 Å². The molecule has 1 atom stereocenters. The molecule has 0 aliphatic carbocycles. The maximum atomic E-state index is 5.71. The second-order valence-electron chi connectivity index (χ2n) is 4.61. The van der Waals surface area contributed by atoms with Gasteiger partial charge in [-0.25, -0.2) is 0 Å². The molecule has 1 aliphatic heterocycles. The average Bonchev–Trinajstić information content (AvgIpc) is 2.67. The molecule has 0 bridgehead atoms. The van der Waals surface area contributed by atoms with Crippen LogP contribution in [0.2, 0.25) is 0 Å². The third-order valence-corrected chi connectivity index (χ3v) is 3.15. The number of fused-ring (bicyclic) bond motifs is 1. The number of ether oxygens (including phenoxy) is 2. The van der Waals surface area contributed by atoms with Crippen molar-refractivity contribution in [3.05, 3.63) is 23.8 Å². The molecule has 1 N–H and O–H groups in total. The summed E-state index contributed by atoms with van der Waals surface area (Å²) in [4.78, 5) is 0. The molecule has 0 amide bonds. The van der Waals surface area contributed by atoms with Gasteiger partial charge in [-0.1, -0.05) is 6.07 Å². The van der Waals surface area contributed by atoms with E-state index in [2.05, 4.69) is 36.2 Å². The van der Waals surface area contributed by atoms with E-state index in [0.29, 0.717) is 0 Å². The molecule has 3 nitrogen and oxygen atoms in total. The second kappa shape index (κ2) is 7.06. The van der Waals surface area contributed by atoms with E-state index in [0.717, 1.165) is 44.1 Å². The highest BCUT2D eigenvalue weighted by molar-refractivity contribution is 5.44. The van der Waals surface area contributed by atoms with Gasteiger partial charge in [0.2, 0.25) is 0 Å². The van der Waals surface area contributed by atoms with Crippen LogP contribution in [0.5, 0.6) is 11.5 Å². The number of nitrogens with one attached hydrogen (secondary N) is 1. The van der Waals surface area contributed by atoms with Crippen LogP contribution in [0.15, 0.2) is 18.2 Å². The molecule has 3 heteroatoms. The van der Waals surface area contributed by atoms with E-state index in [-0.39, 0.29) is 6.04 Å². The van der Waals surface area contributed by atoms with Crippen LogP contribution in [0.1, 0.15) is 38.3 Å². The Morgan fingerprint density at radius 2 is 2.05 bits per heavy atom. The fourth-order valence-corrected chi connectivity index (χ4v) is 2.04. The van der Waals surface area contributed by atoms with Crippen LogP contribution in [-0.4, -0.2) is 19.8 Å². The van der Waals surface area contributed by atoms with Crippen LogP contribution in [0.4, 0.5) is 0 Å². The topological polar surface area (TPSA) is 30.5 Å². The van der Waals surface area contributed by atoms with Gasteiger partial charge in [0.05, 0.1) is 13.2 Å². The summed E-state index contributed by atoms with van der Waals surface area (Å²) in [6.07, 6.45) is 1.82. The van der Waals surface area contributed by atoms with E-state index in [4.69, 9.17) is 9.47 Å². The summed E-state index contributed by atoms with van der Waals surface area (Å²) >= 11 is 0. The monoisotopic (exact) mass is 259 g/mol. The lowest BCUT2D eigenvalue weighted by Gasteiger charge is -2.15. The molecule has 1 aliphatic rings. The van der Waals surface area contributed by atoms with Crippen molar-refractivity contribution in [3.63, 3.8) is 0 Å². The summed E-state index contributed by atoms with van der Waals surface area (Å²) in [5, 5.41) is 3.46. The summed E-state index contributed by atoms with van der Waals surface area (Å²) in [7, 11) is 0. The van der Waals surface area contributed by atoms with Gasteiger partial charge in [-0.15, -0.1) is 11.8 Å². The molecular weight excluding hydrogens is 238 g/mol. The highest BCUT2D eigenvalue weighted by atomic mass is 16.5. The maximum Gasteiger partial charge on any atom is 0.161 e. The van der Waals surface area contributed by atoms with E-state index < -0.39 is 0 Å². The van der Waals surface area contributed by atoms with Crippen molar-refractivity contribution >= 4 is 0 Å². The zero-order valence-electron chi connectivity index (χ0n) is 11.7. The molecule has 0 saturated heterocycles. The Morgan fingerprint density at radius 1 is 1.26 bits per heavy atom. The van der Waals surface area contributed by atoms with Gasteiger partial charge >= 0.3 is 0 Å². The number of rotatable bonds is 4. The SMILES string of the molecule is CC#CCCNC(C)c1ccc2c(c1)OCCCO2. The van der Waals surface area contributed by atoms with Crippen LogP contribution < -0.4 is 14.8 Å². The van der Waals surface area contributed by atoms with Gasteiger partial charge in [0.1, 0.15) is 0 Å². The van der Waals surface area contributed by atoms with Gasteiger partial charge in [0, 0.05) is 25.4 Å². The van der Waals surface area contributed by atoms with E-state index in [1.165, 1.54) is 5.56 Å². The fourth-order valence-electron chi connectivity index (χ4n) is 2.04. The van der Waals surface area contributed by atoms with Crippen LogP contribution in [0, 0.1) is 11.8 Å². The van der Waals surface area contributed by atoms with Gasteiger partial charge < -0.3 is 14.8 Å². The summed E-state index contributed by atoms with van der Waals surface area (Å²) in [6, 6.07) is 6.45. The molecule has 0 saturated carbocycles. The number of hydrogen-bond acceptors (Lipinski definition) is 3. The summed E-state index contributed by atoms with van der Waals surface area (Å²) in [5.74, 6) is 7.67. The van der Waals surface area contributed by atoms with E-state index >= 15 is 0 Å². The maximum absolute atomic E-state index is 5.71. The lowest BCUT2D eigenvalue weighted by Crippen LogP contribution is -2.19. The lowest BCUT2D eigenvalue weighted by atomic mass is 10.1. The molecule has 1 unspecified atom stereocenters. The Hall–Kier alpha value is -1.66. The van der Waals surface area contributed by atoms with Crippen LogP contribution >= 0.6 is 0 Å². The molecule has 0 radical (unpaired) electrons. The van der Waals surface area contributed by atoms with Gasteiger partial charge in [0.15, 0.2) is 11.5 Å². The predicted octanol–water partition coefficient (Wildman–Crippen LogP) is 2.91. The lowest BCUT2D eigenvalue weighted by molar-refractivity contribution is 0.297. The number of hydrogen-bond donors (Lipinski definition) is 1. The summed E-state index contributed by atoms with van der Waals surface area (Å²) in [5.41, 5.74) is 1.22.